The van der Waals surface area contributed by atoms with Gasteiger partial charge in [-0.15, -0.1) is 5.11 Å². The summed E-state index contributed by atoms with van der Waals surface area (Å²) in [6, 6.07) is 4.32. The van der Waals surface area contributed by atoms with Crippen molar-refractivity contribution in [2.24, 2.45) is 10.2 Å². The zero-order valence-corrected chi connectivity index (χ0v) is 8.86. The maximum absolute atomic E-state index is 11.1. The van der Waals surface area contributed by atoms with E-state index < -0.39 is 22.8 Å². The third-order valence-corrected chi connectivity index (χ3v) is 2.16. The van der Waals surface area contributed by atoms with Crippen LogP contribution >= 0.6 is 0 Å². The van der Waals surface area contributed by atoms with E-state index >= 15 is 0 Å². The highest BCUT2D eigenvalue weighted by Crippen LogP contribution is 2.26. The Labute approximate surface area is 100 Å². The predicted octanol–water partition coefficient (Wildman–Crippen LogP) is 0.208. The van der Waals surface area contributed by atoms with Crippen LogP contribution in [0.25, 0.3) is 0 Å². The fraction of sp³-hybridized carbons (Fsp3) is 0.111. The molecule has 18 heavy (non-hydrogen) atoms. The topological polar surface area (TPSA) is 126 Å². The molecular formula is C9H7N5O4. The molecule has 1 aromatic rings. The summed E-state index contributed by atoms with van der Waals surface area (Å²) in [6.45, 7) is 0. The molecule has 1 aliphatic rings. The number of azo groups is 1. The average molecular weight is 249 g/mol. The molecule has 0 radical (unpaired) electrons. The van der Waals surface area contributed by atoms with Crippen molar-refractivity contribution in [1.29, 1.82) is 0 Å². The van der Waals surface area contributed by atoms with Crippen LogP contribution in [0, 0.1) is 10.1 Å². The van der Waals surface area contributed by atoms with Gasteiger partial charge in [0, 0.05) is 6.07 Å². The van der Waals surface area contributed by atoms with E-state index in [2.05, 4.69) is 21.1 Å². The van der Waals surface area contributed by atoms with Gasteiger partial charge in [-0.2, -0.15) is 5.11 Å². The lowest BCUT2D eigenvalue weighted by molar-refractivity contribution is -0.384. The Kier molecular flexibility index (Phi) is 2.96. The molecular weight excluding hydrogens is 242 g/mol. The number of nitro groups is 1. The molecule has 2 rings (SSSR count). The molecule has 0 unspecified atom stereocenters. The Balaban J connectivity index is 2.26. The van der Waals surface area contributed by atoms with Crippen LogP contribution in [0.5, 0.6) is 0 Å². The Morgan fingerprint density at radius 2 is 1.78 bits per heavy atom. The largest absolute Gasteiger partial charge is 0.296 e. The number of nitrogens with one attached hydrogen (secondary N) is 2. The van der Waals surface area contributed by atoms with Gasteiger partial charge in [0.15, 0.2) is 5.69 Å². The molecule has 1 heterocycles. The Bertz CT molecular complexity index is 540. The number of hydrogen-bond acceptors (Lipinski definition) is 6. The molecule has 0 bridgehead atoms. The lowest BCUT2D eigenvalue weighted by Gasteiger charge is -1.96. The Morgan fingerprint density at radius 3 is 2.39 bits per heavy atom. The predicted molar refractivity (Wildman–Crippen MR) is 57.7 cm³/mol. The Hall–Kier alpha value is -2.84. The molecule has 0 atom stereocenters. The minimum atomic E-state index is -1.31. The van der Waals surface area contributed by atoms with Crippen molar-refractivity contribution >= 4 is 23.2 Å². The monoisotopic (exact) mass is 249 g/mol. The maximum Gasteiger partial charge on any atom is 0.296 e. The van der Waals surface area contributed by atoms with Crippen molar-refractivity contribution in [3.8, 4) is 0 Å². The van der Waals surface area contributed by atoms with Gasteiger partial charge < -0.3 is 0 Å². The van der Waals surface area contributed by atoms with Crippen LogP contribution in [-0.4, -0.2) is 22.8 Å². The minimum absolute atomic E-state index is 0.0185. The molecule has 9 nitrogen and oxygen atoms in total. The molecule has 0 spiro atoms. The van der Waals surface area contributed by atoms with Crippen LogP contribution in [0.1, 0.15) is 0 Å². The van der Waals surface area contributed by atoms with Gasteiger partial charge in [0.2, 0.25) is 6.04 Å². The van der Waals surface area contributed by atoms with Crippen molar-refractivity contribution < 1.29 is 14.5 Å². The zero-order chi connectivity index (χ0) is 13.1. The third-order valence-electron chi connectivity index (χ3n) is 2.16. The lowest BCUT2D eigenvalue weighted by Crippen LogP contribution is -2.28. The number of para-hydroxylation sites is 1. The van der Waals surface area contributed by atoms with Gasteiger partial charge in [-0.25, -0.2) is 0 Å². The first-order chi connectivity index (χ1) is 8.59. The standard InChI is InChI=1S/C9H7N5O4/c15-8-7(9(16)13-12-8)11-10-5-3-1-2-4-6(5)14(17)18/h1-4,7H,(H,12,15)(H,13,16). The molecule has 2 N–H and O–H groups in total. The van der Waals surface area contributed by atoms with Crippen LogP contribution in [0.15, 0.2) is 34.5 Å². The van der Waals surface area contributed by atoms with Gasteiger partial charge in [-0.1, -0.05) is 12.1 Å². The van der Waals surface area contributed by atoms with E-state index in [1.807, 2.05) is 0 Å². The summed E-state index contributed by atoms with van der Waals surface area (Å²) in [6.07, 6.45) is 0. The van der Waals surface area contributed by atoms with E-state index in [-0.39, 0.29) is 11.4 Å². The molecule has 1 aliphatic heterocycles. The summed E-state index contributed by atoms with van der Waals surface area (Å²) in [7, 11) is 0. The normalized spacial score (nSPS) is 15.8. The second-order valence-electron chi connectivity index (χ2n) is 3.34. The van der Waals surface area contributed by atoms with Crippen molar-refractivity contribution in [1.82, 2.24) is 10.9 Å². The number of rotatable bonds is 3. The quantitative estimate of drug-likeness (QED) is 0.343. The first-order valence-corrected chi connectivity index (χ1v) is 4.83. The summed E-state index contributed by atoms with van der Waals surface area (Å²) >= 11 is 0. The number of hydrogen-bond donors (Lipinski definition) is 2. The van der Waals surface area contributed by atoms with E-state index in [1.165, 1.54) is 24.3 Å². The summed E-state index contributed by atoms with van der Waals surface area (Å²) in [4.78, 5) is 32.4. The maximum atomic E-state index is 11.1. The lowest BCUT2D eigenvalue weighted by atomic mass is 10.3. The second-order valence-corrected chi connectivity index (χ2v) is 3.34. The van der Waals surface area contributed by atoms with Crippen LogP contribution in [-0.2, 0) is 9.59 Å². The number of benzene rings is 1. The summed E-state index contributed by atoms with van der Waals surface area (Å²) in [5.74, 6) is -1.30. The van der Waals surface area contributed by atoms with Crippen LogP contribution in [0.4, 0.5) is 11.4 Å². The molecule has 0 saturated carbocycles. The fourth-order valence-corrected chi connectivity index (χ4v) is 1.31. The first kappa shape index (κ1) is 11.6. The van der Waals surface area contributed by atoms with E-state index in [0.717, 1.165) is 0 Å². The average Bonchev–Trinajstić information content (AvgIpc) is 2.67. The number of nitro benzene ring substituents is 1. The number of nitrogens with zero attached hydrogens (tertiary/aromatic N) is 3. The van der Waals surface area contributed by atoms with Gasteiger partial charge in [0.25, 0.3) is 17.5 Å². The highest BCUT2D eigenvalue weighted by atomic mass is 16.6. The third kappa shape index (κ3) is 2.14. The van der Waals surface area contributed by atoms with Crippen molar-refractivity contribution in [2.75, 3.05) is 0 Å². The van der Waals surface area contributed by atoms with E-state index in [9.17, 15) is 19.7 Å². The number of amides is 2. The van der Waals surface area contributed by atoms with Gasteiger partial charge in [0.1, 0.15) is 0 Å². The van der Waals surface area contributed by atoms with Crippen molar-refractivity contribution in [2.45, 2.75) is 6.04 Å². The highest BCUT2D eigenvalue weighted by Gasteiger charge is 2.33. The van der Waals surface area contributed by atoms with Crippen molar-refractivity contribution in [3.05, 3.63) is 34.4 Å². The summed E-state index contributed by atoms with van der Waals surface area (Å²) in [5.41, 5.74) is 3.87. The van der Waals surface area contributed by atoms with Gasteiger partial charge in [0.05, 0.1) is 4.92 Å². The van der Waals surface area contributed by atoms with Crippen LogP contribution < -0.4 is 10.9 Å². The van der Waals surface area contributed by atoms with Crippen molar-refractivity contribution in [3.63, 3.8) is 0 Å². The minimum Gasteiger partial charge on any atom is -0.270 e. The summed E-state index contributed by atoms with van der Waals surface area (Å²) in [5, 5.41) is 17.8. The fourth-order valence-electron chi connectivity index (χ4n) is 1.31. The Morgan fingerprint density at radius 1 is 1.17 bits per heavy atom. The molecule has 0 aromatic heterocycles. The first-order valence-electron chi connectivity index (χ1n) is 4.83. The smallest absolute Gasteiger partial charge is 0.270 e. The molecule has 1 aromatic carbocycles. The number of carbonyl (C=O) groups is 2. The zero-order valence-electron chi connectivity index (χ0n) is 8.86. The highest BCUT2D eigenvalue weighted by molar-refractivity contribution is 6.09. The molecule has 2 amide bonds. The van der Waals surface area contributed by atoms with Crippen LogP contribution in [0.2, 0.25) is 0 Å². The van der Waals surface area contributed by atoms with E-state index in [4.69, 9.17) is 0 Å². The van der Waals surface area contributed by atoms with Gasteiger partial charge in [-0.05, 0) is 6.07 Å². The van der Waals surface area contributed by atoms with Gasteiger partial charge >= 0.3 is 0 Å². The molecule has 1 saturated heterocycles. The number of carbonyl (C=O) groups excluding carboxylic acids is 2. The molecule has 92 valence electrons. The molecule has 1 fully saturated rings. The van der Waals surface area contributed by atoms with Gasteiger partial charge in [-0.3, -0.25) is 30.6 Å². The number of hydrazine groups is 1. The molecule has 9 heteroatoms. The molecule has 0 aliphatic carbocycles. The van der Waals surface area contributed by atoms with E-state index in [1.54, 1.807) is 0 Å². The second kappa shape index (κ2) is 4.57. The SMILES string of the molecule is O=C1NNC(=O)C1N=Nc1ccccc1[N+](=O)[O-]. The summed E-state index contributed by atoms with van der Waals surface area (Å²) < 4.78 is 0. The van der Waals surface area contributed by atoms with Crippen LogP contribution in [0.3, 0.4) is 0 Å². The van der Waals surface area contributed by atoms with E-state index in [0.29, 0.717) is 0 Å².